The molecule has 5 nitrogen and oxygen atoms in total. The molecule has 0 aliphatic heterocycles. The van der Waals surface area contributed by atoms with Gasteiger partial charge in [-0.05, 0) is 12.6 Å². The van der Waals surface area contributed by atoms with Gasteiger partial charge in [0.1, 0.15) is 0 Å². The van der Waals surface area contributed by atoms with E-state index in [0.717, 1.165) is 12.1 Å². The number of methoxy groups -OCH3 is 1. The van der Waals surface area contributed by atoms with Gasteiger partial charge in [-0.1, -0.05) is 19.9 Å². The number of carbonyl (C=O) groups is 1. The number of nitrogens with zero attached hydrogens (tertiary/aromatic N) is 2. The van der Waals surface area contributed by atoms with Crippen molar-refractivity contribution in [1.29, 1.82) is 0 Å². The molecule has 1 aromatic rings. The van der Waals surface area contributed by atoms with E-state index in [2.05, 4.69) is 9.88 Å². The van der Waals surface area contributed by atoms with Crippen LogP contribution in [0.5, 0.6) is 5.88 Å². The van der Waals surface area contributed by atoms with Crippen LogP contribution in [0.1, 0.15) is 19.4 Å². The van der Waals surface area contributed by atoms with Gasteiger partial charge in [0.15, 0.2) is 0 Å². The minimum absolute atomic E-state index is 0.382. The summed E-state index contributed by atoms with van der Waals surface area (Å²) in [6, 6.07) is 3.80. The monoisotopic (exact) mass is 252 g/mol. The first kappa shape index (κ1) is 14.4. The van der Waals surface area contributed by atoms with Crippen molar-refractivity contribution in [3.8, 4) is 5.88 Å². The molecule has 1 aromatic heterocycles. The molecule has 1 unspecified atom stereocenters. The lowest BCUT2D eigenvalue weighted by atomic mass is 10.1. The second-order valence-electron chi connectivity index (χ2n) is 4.24. The van der Waals surface area contributed by atoms with Crippen LogP contribution < -0.4 is 4.74 Å². The fraction of sp³-hybridized carbons (Fsp3) is 0.538. The number of hydrogen-bond acceptors (Lipinski definition) is 4. The maximum Gasteiger partial charge on any atom is 0.307 e. The summed E-state index contributed by atoms with van der Waals surface area (Å²) in [6.07, 6.45) is 1.68. The van der Waals surface area contributed by atoms with Crippen molar-refractivity contribution in [1.82, 2.24) is 9.88 Å². The van der Waals surface area contributed by atoms with E-state index in [1.54, 1.807) is 20.2 Å². The Kier molecular flexibility index (Phi) is 5.58. The predicted molar refractivity (Wildman–Crippen MR) is 68.5 cm³/mol. The van der Waals surface area contributed by atoms with Gasteiger partial charge in [0, 0.05) is 24.8 Å². The highest BCUT2D eigenvalue weighted by molar-refractivity contribution is 5.69. The van der Waals surface area contributed by atoms with Gasteiger partial charge in [-0.15, -0.1) is 0 Å². The van der Waals surface area contributed by atoms with E-state index in [-0.39, 0.29) is 5.92 Å². The van der Waals surface area contributed by atoms with Gasteiger partial charge in [-0.3, -0.25) is 9.69 Å². The Morgan fingerprint density at radius 3 is 2.89 bits per heavy atom. The summed E-state index contributed by atoms with van der Waals surface area (Å²) in [5, 5.41) is 8.93. The van der Waals surface area contributed by atoms with Crippen molar-refractivity contribution in [3.63, 3.8) is 0 Å². The average Bonchev–Trinajstić information content (AvgIpc) is 2.38. The zero-order valence-electron chi connectivity index (χ0n) is 11.1. The van der Waals surface area contributed by atoms with E-state index >= 15 is 0 Å². The number of rotatable bonds is 7. The molecule has 0 saturated heterocycles. The molecule has 0 saturated carbocycles. The summed E-state index contributed by atoms with van der Waals surface area (Å²) in [6.45, 7) is 5.67. The number of hydrogen-bond donors (Lipinski definition) is 1. The zero-order chi connectivity index (χ0) is 13.5. The number of ether oxygens (including phenoxy) is 1. The van der Waals surface area contributed by atoms with E-state index in [9.17, 15) is 4.79 Å². The molecule has 0 amide bonds. The molecular weight excluding hydrogens is 232 g/mol. The summed E-state index contributed by atoms with van der Waals surface area (Å²) in [4.78, 5) is 17.1. The van der Waals surface area contributed by atoms with Crippen LogP contribution in [0.25, 0.3) is 0 Å². The number of pyridine rings is 1. The number of aliphatic carboxylic acids is 1. The highest BCUT2D eigenvalue weighted by atomic mass is 16.5. The van der Waals surface area contributed by atoms with Crippen LogP contribution in [0.4, 0.5) is 0 Å². The molecule has 100 valence electrons. The molecule has 0 fully saturated rings. The Hall–Kier alpha value is -1.62. The molecule has 1 atom stereocenters. The number of carboxylic acids is 1. The van der Waals surface area contributed by atoms with Gasteiger partial charge in [-0.25, -0.2) is 4.98 Å². The summed E-state index contributed by atoms with van der Waals surface area (Å²) in [5.74, 6) is -0.557. The quantitative estimate of drug-likeness (QED) is 0.799. The van der Waals surface area contributed by atoms with Crippen LogP contribution in [-0.2, 0) is 11.3 Å². The van der Waals surface area contributed by atoms with Crippen LogP contribution in [-0.4, -0.2) is 41.2 Å². The lowest BCUT2D eigenvalue weighted by Crippen LogP contribution is -2.31. The lowest BCUT2D eigenvalue weighted by molar-refractivity contribution is -0.141. The second-order valence-corrected chi connectivity index (χ2v) is 4.24. The first-order valence-corrected chi connectivity index (χ1v) is 6.01. The third kappa shape index (κ3) is 4.00. The zero-order valence-corrected chi connectivity index (χ0v) is 11.1. The molecule has 0 aliphatic rings. The molecule has 0 spiro atoms. The Morgan fingerprint density at radius 2 is 2.33 bits per heavy atom. The van der Waals surface area contributed by atoms with Gasteiger partial charge in [0.2, 0.25) is 5.88 Å². The molecule has 1 rings (SSSR count). The molecule has 5 heteroatoms. The van der Waals surface area contributed by atoms with Crippen molar-refractivity contribution < 1.29 is 14.6 Å². The summed E-state index contributed by atoms with van der Waals surface area (Å²) < 4.78 is 5.19. The standard InChI is InChI=1S/C13H20N2O3/c1-4-15(8-10(2)13(16)17)9-11-6-5-7-14-12(11)18-3/h5-7,10H,4,8-9H2,1-3H3,(H,16,17). The smallest absolute Gasteiger partial charge is 0.307 e. The van der Waals surface area contributed by atoms with Crippen LogP contribution in [0, 0.1) is 5.92 Å². The maximum absolute atomic E-state index is 10.9. The molecule has 0 aromatic carbocycles. The number of carboxylic acid groups (broad SMARTS) is 1. The first-order chi connectivity index (χ1) is 8.58. The van der Waals surface area contributed by atoms with Crippen molar-refractivity contribution in [3.05, 3.63) is 23.9 Å². The Bertz CT molecular complexity index is 396. The minimum Gasteiger partial charge on any atom is -0.481 e. The van der Waals surface area contributed by atoms with E-state index in [4.69, 9.17) is 9.84 Å². The molecular formula is C13H20N2O3. The second kappa shape index (κ2) is 6.96. The van der Waals surface area contributed by atoms with Crippen molar-refractivity contribution in [2.24, 2.45) is 5.92 Å². The van der Waals surface area contributed by atoms with Gasteiger partial charge in [0.25, 0.3) is 0 Å². The maximum atomic E-state index is 10.9. The number of aromatic nitrogens is 1. The fourth-order valence-electron chi connectivity index (χ4n) is 1.74. The summed E-state index contributed by atoms with van der Waals surface area (Å²) >= 11 is 0. The van der Waals surface area contributed by atoms with E-state index in [0.29, 0.717) is 19.0 Å². The highest BCUT2D eigenvalue weighted by Crippen LogP contribution is 2.16. The predicted octanol–water partition coefficient (Wildman–Crippen LogP) is 1.63. The Morgan fingerprint density at radius 1 is 1.61 bits per heavy atom. The van der Waals surface area contributed by atoms with E-state index in [1.165, 1.54) is 0 Å². The first-order valence-electron chi connectivity index (χ1n) is 6.01. The lowest BCUT2D eigenvalue weighted by Gasteiger charge is -2.23. The molecule has 0 bridgehead atoms. The molecule has 18 heavy (non-hydrogen) atoms. The molecule has 0 aliphatic carbocycles. The van der Waals surface area contributed by atoms with Crippen molar-refractivity contribution >= 4 is 5.97 Å². The van der Waals surface area contributed by atoms with Crippen molar-refractivity contribution in [2.75, 3.05) is 20.2 Å². The normalized spacial score (nSPS) is 12.4. The summed E-state index contributed by atoms with van der Waals surface area (Å²) in [7, 11) is 1.59. The van der Waals surface area contributed by atoms with Crippen LogP contribution in [0.3, 0.4) is 0 Å². The Labute approximate surface area is 107 Å². The van der Waals surface area contributed by atoms with Gasteiger partial charge < -0.3 is 9.84 Å². The van der Waals surface area contributed by atoms with E-state index in [1.807, 2.05) is 19.1 Å². The molecule has 0 radical (unpaired) electrons. The topological polar surface area (TPSA) is 62.7 Å². The summed E-state index contributed by atoms with van der Waals surface area (Å²) in [5.41, 5.74) is 0.972. The van der Waals surface area contributed by atoms with Crippen LogP contribution in [0.2, 0.25) is 0 Å². The van der Waals surface area contributed by atoms with E-state index < -0.39 is 5.97 Å². The highest BCUT2D eigenvalue weighted by Gasteiger charge is 2.16. The van der Waals surface area contributed by atoms with Crippen LogP contribution in [0.15, 0.2) is 18.3 Å². The van der Waals surface area contributed by atoms with Gasteiger partial charge in [0.05, 0.1) is 13.0 Å². The van der Waals surface area contributed by atoms with Gasteiger partial charge >= 0.3 is 5.97 Å². The fourth-order valence-corrected chi connectivity index (χ4v) is 1.74. The average molecular weight is 252 g/mol. The van der Waals surface area contributed by atoms with Crippen LogP contribution >= 0.6 is 0 Å². The van der Waals surface area contributed by atoms with Gasteiger partial charge in [-0.2, -0.15) is 0 Å². The van der Waals surface area contributed by atoms with Crippen molar-refractivity contribution in [2.45, 2.75) is 20.4 Å². The Balaban J connectivity index is 2.70. The third-order valence-corrected chi connectivity index (χ3v) is 2.84. The SMILES string of the molecule is CCN(Cc1cccnc1OC)CC(C)C(=O)O. The minimum atomic E-state index is -0.772. The molecule has 1 N–H and O–H groups in total. The molecule has 1 heterocycles. The third-order valence-electron chi connectivity index (χ3n) is 2.84. The largest absolute Gasteiger partial charge is 0.481 e.